The molecular formula is C21H14Cl2N2OS. The van der Waals surface area contributed by atoms with E-state index < -0.39 is 0 Å². The zero-order valence-electron chi connectivity index (χ0n) is 14.3. The molecule has 3 aromatic carbocycles. The topological polar surface area (TPSA) is 52.9 Å². The maximum Gasteiger partial charge on any atom is 0.257 e. The lowest BCUT2D eigenvalue weighted by molar-refractivity contribution is 0.102. The predicted molar refractivity (Wildman–Crippen MR) is 111 cm³/mol. The van der Waals surface area contributed by atoms with Crippen LogP contribution < -0.4 is 5.32 Å². The fourth-order valence-corrected chi connectivity index (χ4v) is 3.76. The Hall–Kier alpha value is -2.45. The fourth-order valence-electron chi connectivity index (χ4n) is 2.38. The van der Waals surface area contributed by atoms with E-state index in [0.717, 1.165) is 9.79 Å². The first kappa shape index (κ1) is 19.3. The summed E-state index contributed by atoms with van der Waals surface area (Å²) in [6, 6.07) is 20.1. The Morgan fingerprint density at radius 1 is 1.04 bits per heavy atom. The summed E-state index contributed by atoms with van der Waals surface area (Å²) in [5.41, 5.74) is 2.50. The smallest absolute Gasteiger partial charge is 0.257 e. The molecule has 0 heterocycles. The van der Waals surface area contributed by atoms with Gasteiger partial charge in [0.15, 0.2) is 0 Å². The Morgan fingerprint density at radius 3 is 2.44 bits per heavy atom. The van der Waals surface area contributed by atoms with E-state index >= 15 is 0 Å². The SMILES string of the molecule is Cc1ccc(Sc2ccc(C#N)cc2NC(=O)c2ccc(Cl)cc2Cl)cc1. The van der Waals surface area contributed by atoms with Crippen LogP contribution in [0.4, 0.5) is 5.69 Å². The number of anilines is 1. The number of nitriles is 1. The molecule has 3 aromatic rings. The van der Waals surface area contributed by atoms with Crippen LogP contribution in [0.2, 0.25) is 10.0 Å². The maximum atomic E-state index is 12.7. The monoisotopic (exact) mass is 412 g/mol. The van der Waals surface area contributed by atoms with Gasteiger partial charge >= 0.3 is 0 Å². The normalized spacial score (nSPS) is 10.3. The van der Waals surface area contributed by atoms with Crippen molar-refractivity contribution in [3.8, 4) is 6.07 Å². The lowest BCUT2D eigenvalue weighted by atomic mass is 10.2. The van der Waals surface area contributed by atoms with Gasteiger partial charge < -0.3 is 5.32 Å². The quantitative estimate of drug-likeness (QED) is 0.526. The van der Waals surface area contributed by atoms with Gasteiger partial charge in [0, 0.05) is 14.8 Å². The fraction of sp³-hybridized carbons (Fsp3) is 0.0476. The number of halogens is 2. The van der Waals surface area contributed by atoms with Gasteiger partial charge in [-0.15, -0.1) is 0 Å². The number of carbonyl (C=O) groups excluding carboxylic acids is 1. The Kier molecular flexibility index (Phi) is 6.08. The van der Waals surface area contributed by atoms with Crippen molar-refractivity contribution in [1.29, 1.82) is 5.26 Å². The molecule has 3 rings (SSSR count). The predicted octanol–water partition coefficient (Wildman–Crippen LogP) is 6.58. The van der Waals surface area contributed by atoms with E-state index in [1.807, 2.05) is 37.3 Å². The molecule has 0 fully saturated rings. The first-order valence-electron chi connectivity index (χ1n) is 8.01. The molecule has 3 nitrogen and oxygen atoms in total. The van der Waals surface area contributed by atoms with Crippen molar-refractivity contribution >= 4 is 46.6 Å². The summed E-state index contributed by atoms with van der Waals surface area (Å²) in [5.74, 6) is -0.363. The molecule has 0 radical (unpaired) electrons. The van der Waals surface area contributed by atoms with Crippen LogP contribution in [0.15, 0.2) is 70.5 Å². The molecule has 0 aliphatic rings. The van der Waals surface area contributed by atoms with Crippen LogP contribution in [0, 0.1) is 18.3 Å². The molecule has 0 bridgehead atoms. The standard InChI is InChI=1S/C21H14Cl2N2OS/c1-13-2-6-16(7-3-13)27-20-9-4-14(12-24)10-19(20)25-21(26)17-8-5-15(22)11-18(17)23/h2-11H,1H3,(H,25,26). The van der Waals surface area contributed by atoms with Crippen molar-refractivity contribution in [3.63, 3.8) is 0 Å². The molecule has 0 spiro atoms. The number of rotatable bonds is 4. The zero-order chi connectivity index (χ0) is 19.4. The van der Waals surface area contributed by atoms with Crippen molar-refractivity contribution in [2.24, 2.45) is 0 Å². The third kappa shape index (κ3) is 4.84. The average molecular weight is 413 g/mol. The van der Waals surface area contributed by atoms with Crippen molar-refractivity contribution in [3.05, 3.63) is 87.4 Å². The highest BCUT2D eigenvalue weighted by atomic mass is 35.5. The maximum absolute atomic E-state index is 12.7. The van der Waals surface area contributed by atoms with Gasteiger partial charge in [-0.3, -0.25) is 4.79 Å². The lowest BCUT2D eigenvalue weighted by Crippen LogP contribution is -2.13. The summed E-state index contributed by atoms with van der Waals surface area (Å²) >= 11 is 13.5. The second kappa shape index (κ2) is 8.49. The van der Waals surface area contributed by atoms with E-state index in [4.69, 9.17) is 23.2 Å². The lowest BCUT2D eigenvalue weighted by Gasteiger charge is -2.12. The number of aryl methyl sites for hydroxylation is 1. The van der Waals surface area contributed by atoms with Crippen molar-refractivity contribution in [2.75, 3.05) is 5.32 Å². The van der Waals surface area contributed by atoms with Crippen molar-refractivity contribution < 1.29 is 4.79 Å². The van der Waals surface area contributed by atoms with E-state index in [0.29, 0.717) is 21.8 Å². The number of carbonyl (C=O) groups is 1. The van der Waals surface area contributed by atoms with Crippen LogP contribution in [-0.2, 0) is 0 Å². The minimum atomic E-state index is -0.363. The number of benzene rings is 3. The molecule has 0 unspecified atom stereocenters. The molecule has 0 aromatic heterocycles. The molecule has 6 heteroatoms. The average Bonchev–Trinajstić information content (AvgIpc) is 2.64. The van der Waals surface area contributed by atoms with Crippen molar-refractivity contribution in [1.82, 2.24) is 0 Å². The largest absolute Gasteiger partial charge is 0.321 e. The van der Waals surface area contributed by atoms with Crippen LogP contribution in [0.25, 0.3) is 0 Å². The van der Waals surface area contributed by atoms with Gasteiger partial charge in [-0.2, -0.15) is 5.26 Å². The second-order valence-corrected chi connectivity index (χ2v) is 7.78. The summed E-state index contributed by atoms with van der Waals surface area (Å²) in [5, 5.41) is 12.8. The molecule has 0 saturated carbocycles. The first-order chi connectivity index (χ1) is 13.0. The number of nitrogens with one attached hydrogen (secondary N) is 1. The van der Waals surface area contributed by atoms with Crippen LogP contribution >= 0.6 is 35.0 Å². The molecule has 0 aliphatic heterocycles. The summed E-state index contributed by atoms with van der Waals surface area (Å²) < 4.78 is 0. The molecular weight excluding hydrogens is 399 g/mol. The third-order valence-electron chi connectivity index (χ3n) is 3.78. The molecule has 0 aliphatic carbocycles. The van der Waals surface area contributed by atoms with E-state index in [-0.39, 0.29) is 10.9 Å². The van der Waals surface area contributed by atoms with Crippen LogP contribution in [-0.4, -0.2) is 5.91 Å². The summed E-state index contributed by atoms with van der Waals surface area (Å²) in [6.45, 7) is 2.03. The highest BCUT2D eigenvalue weighted by molar-refractivity contribution is 7.99. The summed E-state index contributed by atoms with van der Waals surface area (Å²) in [4.78, 5) is 14.5. The highest BCUT2D eigenvalue weighted by Crippen LogP contribution is 2.35. The van der Waals surface area contributed by atoms with E-state index in [1.54, 1.807) is 24.3 Å². The molecule has 134 valence electrons. The van der Waals surface area contributed by atoms with Crippen LogP contribution in [0.5, 0.6) is 0 Å². The third-order valence-corrected chi connectivity index (χ3v) is 5.41. The van der Waals surface area contributed by atoms with Gasteiger partial charge in [0.25, 0.3) is 5.91 Å². The van der Waals surface area contributed by atoms with Gasteiger partial charge in [0.1, 0.15) is 0 Å². The van der Waals surface area contributed by atoms with Crippen LogP contribution in [0.1, 0.15) is 21.5 Å². The van der Waals surface area contributed by atoms with Gasteiger partial charge in [-0.25, -0.2) is 0 Å². The molecule has 27 heavy (non-hydrogen) atoms. The molecule has 0 atom stereocenters. The van der Waals surface area contributed by atoms with Gasteiger partial charge in [-0.1, -0.05) is 52.7 Å². The first-order valence-corrected chi connectivity index (χ1v) is 9.58. The molecule has 1 amide bonds. The minimum absolute atomic E-state index is 0.268. The number of nitrogens with zero attached hydrogens (tertiary/aromatic N) is 1. The van der Waals surface area contributed by atoms with E-state index in [9.17, 15) is 10.1 Å². The summed E-state index contributed by atoms with van der Waals surface area (Å²) in [6.07, 6.45) is 0. The number of hydrogen-bond donors (Lipinski definition) is 1. The second-order valence-electron chi connectivity index (χ2n) is 5.82. The number of hydrogen-bond acceptors (Lipinski definition) is 3. The van der Waals surface area contributed by atoms with Gasteiger partial charge in [0.2, 0.25) is 0 Å². The molecule has 1 N–H and O–H groups in total. The summed E-state index contributed by atoms with van der Waals surface area (Å²) in [7, 11) is 0. The zero-order valence-corrected chi connectivity index (χ0v) is 16.6. The number of amides is 1. The Labute approximate surface area is 171 Å². The van der Waals surface area contributed by atoms with E-state index in [1.165, 1.54) is 23.4 Å². The van der Waals surface area contributed by atoms with Gasteiger partial charge in [0.05, 0.1) is 27.9 Å². The highest BCUT2D eigenvalue weighted by Gasteiger charge is 2.14. The molecule has 0 saturated heterocycles. The van der Waals surface area contributed by atoms with Crippen molar-refractivity contribution in [2.45, 2.75) is 16.7 Å². The van der Waals surface area contributed by atoms with Crippen LogP contribution in [0.3, 0.4) is 0 Å². The van der Waals surface area contributed by atoms with Gasteiger partial charge in [-0.05, 0) is 55.5 Å². The Balaban J connectivity index is 1.91. The minimum Gasteiger partial charge on any atom is -0.321 e. The Morgan fingerprint density at radius 2 is 1.78 bits per heavy atom. The van der Waals surface area contributed by atoms with E-state index in [2.05, 4.69) is 11.4 Å². The Bertz CT molecular complexity index is 1040.